The molecule has 7 nitrogen and oxygen atoms in total. The molecule has 2 aromatic heterocycles. The molecule has 1 aliphatic carbocycles. The standard InChI is InChI=1S/C17H21B3N6.CH4O/c1-9-11-4-3-5-12(11)22-14-13(9)15(25-17(18,19)20)24-16(23-14)21-10-6-7-26(2)8-10;1-2/h10H,3-8H2,1-2H3,(H2,21,22,23,24,25);2H,1H3. The molecule has 0 aromatic carbocycles. The first-order valence-electron chi connectivity index (χ1n) is 9.55. The number of nitrogens with one attached hydrogen (secondary N) is 2. The number of anilines is 2. The maximum atomic E-state index is 7.00. The second-order valence-electron chi connectivity index (χ2n) is 7.56. The molecular formula is C18H25B3N6O. The van der Waals surface area contributed by atoms with Crippen molar-refractivity contribution in [2.75, 3.05) is 37.9 Å². The normalized spacial score (nSPS) is 19.2. The number of aryl methyl sites for hydroxylation is 2. The summed E-state index contributed by atoms with van der Waals surface area (Å²) < 4.78 is 0. The van der Waals surface area contributed by atoms with Gasteiger partial charge < -0.3 is 20.6 Å². The molecule has 3 N–H and O–H groups in total. The fourth-order valence-corrected chi connectivity index (χ4v) is 4.00. The number of aliphatic hydroxyl groups is 1. The highest BCUT2D eigenvalue weighted by molar-refractivity contribution is 6.60. The van der Waals surface area contributed by atoms with Gasteiger partial charge in [0.05, 0.1) is 28.9 Å². The van der Waals surface area contributed by atoms with Crippen molar-refractivity contribution >= 4 is 46.3 Å². The predicted molar refractivity (Wildman–Crippen MR) is 115 cm³/mol. The van der Waals surface area contributed by atoms with Crippen LogP contribution in [0.2, 0.25) is 0 Å². The Balaban J connectivity index is 0.00000109. The molecule has 0 amide bonds. The van der Waals surface area contributed by atoms with E-state index in [0.29, 0.717) is 23.5 Å². The monoisotopic (exact) mass is 374 g/mol. The van der Waals surface area contributed by atoms with Gasteiger partial charge in [-0.1, -0.05) is 5.24 Å². The number of nitrogens with zero attached hydrogens (tertiary/aromatic N) is 4. The Bertz CT molecular complexity index is 858. The molecule has 1 fully saturated rings. The van der Waals surface area contributed by atoms with Crippen LogP contribution in [0.15, 0.2) is 0 Å². The van der Waals surface area contributed by atoms with Crippen LogP contribution in [-0.2, 0) is 12.8 Å². The summed E-state index contributed by atoms with van der Waals surface area (Å²) in [4.78, 5) is 16.4. The minimum Gasteiger partial charge on any atom is -0.400 e. The van der Waals surface area contributed by atoms with Crippen LogP contribution in [0.25, 0.3) is 11.0 Å². The summed E-state index contributed by atoms with van der Waals surface area (Å²) in [5.74, 6) is 1.05. The number of aliphatic hydroxyl groups excluding tert-OH is 1. The van der Waals surface area contributed by atoms with Crippen LogP contribution in [-0.4, -0.2) is 87.0 Å². The second kappa shape index (κ2) is 8.29. The fourth-order valence-electron chi connectivity index (χ4n) is 4.00. The highest BCUT2D eigenvalue weighted by Gasteiger charge is 2.24. The van der Waals surface area contributed by atoms with E-state index >= 15 is 0 Å². The molecule has 142 valence electrons. The van der Waals surface area contributed by atoms with E-state index in [1.807, 2.05) is 0 Å². The van der Waals surface area contributed by atoms with Gasteiger partial charge in [-0.2, -0.15) is 9.97 Å². The smallest absolute Gasteiger partial charge is 0.226 e. The SMILES string of the molecule is CO.[B]C([B])([B])Nc1nc(NC2CCN(C)C2)nc2nc3c(c(C)c12)CCC3. The van der Waals surface area contributed by atoms with Crippen molar-refractivity contribution in [2.45, 2.75) is 43.9 Å². The maximum absolute atomic E-state index is 7.00. The van der Waals surface area contributed by atoms with Gasteiger partial charge in [0.2, 0.25) is 5.95 Å². The van der Waals surface area contributed by atoms with Gasteiger partial charge in [0.25, 0.3) is 0 Å². The predicted octanol–water partition coefficient (Wildman–Crippen LogP) is 0.0751. The van der Waals surface area contributed by atoms with Crippen LogP contribution in [0.4, 0.5) is 11.8 Å². The Morgan fingerprint density at radius 1 is 1.14 bits per heavy atom. The van der Waals surface area contributed by atoms with Gasteiger partial charge in [-0.05, 0) is 57.3 Å². The van der Waals surface area contributed by atoms with Crippen molar-refractivity contribution < 1.29 is 5.11 Å². The third kappa shape index (κ3) is 4.44. The first-order valence-corrected chi connectivity index (χ1v) is 9.55. The summed E-state index contributed by atoms with van der Waals surface area (Å²) in [7, 11) is 20.5. The van der Waals surface area contributed by atoms with E-state index in [-0.39, 0.29) is 0 Å². The minimum atomic E-state index is -1.57. The van der Waals surface area contributed by atoms with Crippen molar-refractivity contribution in [2.24, 2.45) is 0 Å². The molecule has 1 aliphatic heterocycles. The van der Waals surface area contributed by atoms with E-state index in [0.717, 1.165) is 62.5 Å². The van der Waals surface area contributed by atoms with E-state index in [1.54, 1.807) is 0 Å². The molecule has 1 saturated heterocycles. The average Bonchev–Trinajstić information content (AvgIpc) is 3.24. The fraction of sp³-hybridized carbons (Fsp3) is 0.611. The van der Waals surface area contributed by atoms with Crippen molar-refractivity contribution in [3.05, 3.63) is 16.8 Å². The third-order valence-electron chi connectivity index (χ3n) is 5.21. The van der Waals surface area contributed by atoms with E-state index < -0.39 is 5.24 Å². The number of likely N-dealkylation sites (N-methyl/N-ethyl adjacent to an activating group) is 1. The Labute approximate surface area is 170 Å². The number of likely N-dealkylation sites (tertiary alicyclic amines) is 1. The highest BCUT2D eigenvalue weighted by Crippen LogP contribution is 2.33. The molecule has 4 rings (SSSR count). The van der Waals surface area contributed by atoms with Crippen molar-refractivity contribution in [3.8, 4) is 0 Å². The highest BCUT2D eigenvalue weighted by atomic mass is 16.2. The first kappa shape index (κ1) is 20.9. The quantitative estimate of drug-likeness (QED) is 0.654. The topological polar surface area (TPSA) is 86.2 Å². The molecule has 3 heterocycles. The van der Waals surface area contributed by atoms with Gasteiger partial charge in [-0.3, -0.25) is 0 Å². The lowest BCUT2D eigenvalue weighted by Gasteiger charge is -2.25. The zero-order valence-corrected chi connectivity index (χ0v) is 16.8. The zero-order valence-electron chi connectivity index (χ0n) is 16.8. The summed E-state index contributed by atoms with van der Waals surface area (Å²) in [6, 6.07) is 0.305. The Morgan fingerprint density at radius 3 is 2.54 bits per heavy atom. The molecular weight excluding hydrogens is 349 g/mol. The molecule has 10 heteroatoms. The molecule has 2 aliphatic rings. The van der Waals surface area contributed by atoms with Crippen LogP contribution in [0.1, 0.15) is 29.7 Å². The lowest BCUT2D eigenvalue weighted by molar-refractivity contribution is 0.399. The van der Waals surface area contributed by atoms with Gasteiger partial charge in [0.1, 0.15) is 5.82 Å². The molecule has 2 aromatic rings. The first-order chi connectivity index (χ1) is 13.3. The van der Waals surface area contributed by atoms with Gasteiger partial charge in [0.15, 0.2) is 5.65 Å². The van der Waals surface area contributed by atoms with Crippen molar-refractivity contribution in [1.29, 1.82) is 0 Å². The molecule has 0 spiro atoms. The molecule has 28 heavy (non-hydrogen) atoms. The molecule has 6 radical (unpaired) electrons. The summed E-state index contributed by atoms with van der Waals surface area (Å²) in [6.45, 7) is 4.08. The Hall–Kier alpha value is -1.80. The maximum Gasteiger partial charge on any atom is 0.226 e. The van der Waals surface area contributed by atoms with Crippen molar-refractivity contribution in [1.82, 2.24) is 19.9 Å². The van der Waals surface area contributed by atoms with Crippen molar-refractivity contribution in [3.63, 3.8) is 0 Å². The van der Waals surface area contributed by atoms with E-state index in [2.05, 4.69) is 39.5 Å². The number of rotatable bonds is 4. The van der Waals surface area contributed by atoms with E-state index in [1.165, 1.54) is 5.56 Å². The zero-order chi connectivity index (χ0) is 20.5. The Morgan fingerprint density at radius 2 is 1.89 bits per heavy atom. The number of fused-ring (bicyclic) bond motifs is 2. The molecule has 1 unspecified atom stereocenters. The summed E-state index contributed by atoms with van der Waals surface area (Å²) in [5.41, 5.74) is 4.19. The molecule has 1 atom stereocenters. The lowest BCUT2D eigenvalue weighted by atomic mass is 9.49. The number of hydrogen-bond donors (Lipinski definition) is 3. The van der Waals surface area contributed by atoms with Crippen LogP contribution < -0.4 is 10.6 Å². The van der Waals surface area contributed by atoms with E-state index in [4.69, 9.17) is 33.6 Å². The third-order valence-corrected chi connectivity index (χ3v) is 5.21. The second-order valence-corrected chi connectivity index (χ2v) is 7.56. The van der Waals surface area contributed by atoms with Crippen LogP contribution >= 0.6 is 0 Å². The van der Waals surface area contributed by atoms with Crippen LogP contribution in [0.3, 0.4) is 0 Å². The van der Waals surface area contributed by atoms with Gasteiger partial charge in [0, 0.05) is 25.4 Å². The van der Waals surface area contributed by atoms with Gasteiger partial charge in [-0.15, -0.1) is 0 Å². The van der Waals surface area contributed by atoms with Gasteiger partial charge in [-0.25, -0.2) is 4.98 Å². The summed E-state index contributed by atoms with van der Waals surface area (Å²) >= 11 is 0. The van der Waals surface area contributed by atoms with Crippen LogP contribution in [0, 0.1) is 6.92 Å². The number of aromatic nitrogens is 3. The van der Waals surface area contributed by atoms with Crippen LogP contribution in [0.5, 0.6) is 0 Å². The average molecular weight is 374 g/mol. The lowest BCUT2D eigenvalue weighted by Crippen LogP contribution is -2.40. The van der Waals surface area contributed by atoms with E-state index in [9.17, 15) is 0 Å². The van der Waals surface area contributed by atoms with Gasteiger partial charge >= 0.3 is 0 Å². The summed E-state index contributed by atoms with van der Waals surface area (Å²) in [5, 5.41) is 12.6. The molecule has 0 saturated carbocycles. The number of pyridine rings is 1. The molecule has 0 bridgehead atoms. The number of hydrogen-bond acceptors (Lipinski definition) is 7. The Kier molecular flexibility index (Phi) is 6.20. The summed E-state index contributed by atoms with van der Waals surface area (Å²) in [6.07, 6.45) is 4.18. The minimum absolute atomic E-state index is 0.305. The largest absolute Gasteiger partial charge is 0.400 e.